The van der Waals surface area contributed by atoms with Gasteiger partial charge in [0.1, 0.15) is 5.52 Å². The molecule has 0 aliphatic heterocycles. The number of pyridine rings is 1. The van der Waals surface area contributed by atoms with Gasteiger partial charge >= 0.3 is 6.01 Å². The predicted octanol–water partition coefficient (Wildman–Crippen LogP) is 4.21. The number of aromatic nitrogens is 2. The first-order valence-electron chi connectivity index (χ1n) is 7.31. The van der Waals surface area contributed by atoms with E-state index in [2.05, 4.69) is 26.6 Å². The van der Waals surface area contributed by atoms with Crippen LogP contribution in [-0.4, -0.2) is 15.7 Å². The van der Waals surface area contributed by atoms with Crippen LogP contribution in [0.3, 0.4) is 0 Å². The summed E-state index contributed by atoms with van der Waals surface area (Å²) in [6.45, 7) is 1.90. The summed E-state index contributed by atoms with van der Waals surface area (Å²) in [7, 11) is 0. The summed E-state index contributed by atoms with van der Waals surface area (Å²) in [5.74, 6) is 0. The van der Waals surface area contributed by atoms with Crippen molar-refractivity contribution in [2.45, 2.75) is 6.92 Å². The second kappa shape index (κ2) is 5.53. The monoisotopic (exact) mass is 302 g/mol. The topological polar surface area (TPSA) is 63.3 Å². The molecular formula is C18H14N4O. The van der Waals surface area contributed by atoms with Crippen LogP contribution in [0.15, 0.2) is 70.3 Å². The quantitative estimate of drug-likeness (QED) is 0.455. The Kier molecular flexibility index (Phi) is 3.24. The first kappa shape index (κ1) is 13.5. The molecule has 112 valence electrons. The van der Waals surface area contributed by atoms with Crippen LogP contribution in [0.25, 0.3) is 21.9 Å². The zero-order valence-corrected chi connectivity index (χ0v) is 12.5. The van der Waals surface area contributed by atoms with E-state index >= 15 is 0 Å². The molecule has 4 aromatic rings. The lowest BCUT2D eigenvalue weighted by molar-refractivity contribution is 0.617. The average Bonchev–Trinajstić information content (AvgIpc) is 3.02. The molecule has 0 fully saturated rings. The normalized spacial score (nSPS) is 12.0. The molecule has 1 N–H and O–H groups in total. The minimum Gasteiger partial charge on any atom is -0.422 e. The van der Waals surface area contributed by atoms with Crippen LogP contribution in [0.1, 0.15) is 12.6 Å². The maximum atomic E-state index is 5.57. The third-order valence-corrected chi connectivity index (χ3v) is 3.61. The van der Waals surface area contributed by atoms with Crippen molar-refractivity contribution >= 4 is 33.6 Å². The van der Waals surface area contributed by atoms with Crippen molar-refractivity contribution in [1.82, 2.24) is 9.97 Å². The van der Waals surface area contributed by atoms with Crippen LogP contribution in [0.4, 0.5) is 6.01 Å². The fourth-order valence-corrected chi connectivity index (χ4v) is 2.39. The van der Waals surface area contributed by atoms with Crippen molar-refractivity contribution in [3.63, 3.8) is 0 Å². The van der Waals surface area contributed by atoms with E-state index in [9.17, 15) is 0 Å². The second-order valence-corrected chi connectivity index (χ2v) is 5.21. The fourth-order valence-electron chi connectivity index (χ4n) is 2.39. The molecule has 0 spiro atoms. The fraction of sp³-hybridized carbons (Fsp3) is 0.0556. The number of para-hydroxylation sites is 2. The summed E-state index contributed by atoms with van der Waals surface area (Å²) in [5.41, 5.74) is 5.95. The van der Waals surface area contributed by atoms with Crippen molar-refractivity contribution in [1.29, 1.82) is 0 Å². The zero-order valence-electron chi connectivity index (χ0n) is 12.5. The van der Waals surface area contributed by atoms with Gasteiger partial charge in [-0.2, -0.15) is 10.1 Å². The molecule has 23 heavy (non-hydrogen) atoms. The summed E-state index contributed by atoms with van der Waals surface area (Å²) in [6, 6.07) is 18.1. The van der Waals surface area contributed by atoms with Crippen LogP contribution in [0.5, 0.6) is 0 Å². The zero-order chi connectivity index (χ0) is 15.6. The number of hydrazone groups is 1. The van der Waals surface area contributed by atoms with Gasteiger partial charge in [-0.25, -0.2) is 5.43 Å². The number of rotatable bonds is 3. The van der Waals surface area contributed by atoms with Gasteiger partial charge < -0.3 is 4.42 Å². The molecule has 5 nitrogen and oxygen atoms in total. The number of nitrogens with zero attached hydrogens (tertiary/aromatic N) is 3. The maximum absolute atomic E-state index is 5.57. The van der Waals surface area contributed by atoms with Gasteiger partial charge in [0.05, 0.1) is 11.4 Å². The lowest BCUT2D eigenvalue weighted by atomic mass is 10.1. The van der Waals surface area contributed by atoms with Crippen LogP contribution in [0.2, 0.25) is 0 Å². The Labute approximate surface area is 132 Å². The summed E-state index contributed by atoms with van der Waals surface area (Å²) in [6.07, 6.45) is 1.85. The van der Waals surface area contributed by atoms with E-state index in [1.54, 1.807) is 0 Å². The van der Waals surface area contributed by atoms with E-state index in [-0.39, 0.29) is 0 Å². The molecule has 0 bridgehead atoms. The van der Waals surface area contributed by atoms with Gasteiger partial charge in [0.15, 0.2) is 5.58 Å². The van der Waals surface area contributed by atoms with Crippen LogP contribution in [0, 0.1) is 0 Å². The molecule has 0 unspecified atom stereocenters. The van der Waals surface area contributed by atoms with Crippen LogP contribution in [-0.2, 0) is 0 Å². The molecule has 0 amide bonds. The van der Waals surface area contributed by atoms with Gasteiger partial charge in [-0.05, 0) is 30.5 Å². The predicted molar refractivity (Wildman–Crippen MR) is 91.6 cm³/mol. The SMILES string of the molecule is C/C(=N/Nc1nc2ccccc2o1)c1cc2ccccc2cn1. The van der Waals surface area contributed by atoms with E-state index in [1.807, 2.05) is 61.7 Å². The summed E-state index contributed by atoms with van der Waals surface area (Å²) in [4.78, 5) is 8.76. The van der Waals surface area contributed by atoms with Gasteiger partial charge in [-0.3, -0.25) is 4.98 Å². The molecule has 0 radical (unpaired) electrons. The molecule has 0 saturated heterocycles. The molecule has 5 heteroatoms. The number of fused-ring (bicyclic) bond motifs is 2. The lowest BCUT2D eigenvalue weighted by Crippen LogP contribution is -2.02. The third-order valence-electron chi connectivity index (χ3n) is 3.61. The molecule has 4 rings (SSSR count). The number of oxazole rings is 1. The van der Waals surface area contributed by atoms with Crippen molar-refractivity contribution in [3.05, 3.63) is 66.5 Å². The Balaban J connectivity index is 1.61. The number of hydrogen-bond donors (Lipinski definition) is 1. The summed E-state index contributed by atoms with van der Waals surface area (Å²) < 4.78 is 5.57. The standard InChI is InChI=1S/C18H14N4O/c1-12(16-10-13-6-2-3-7-14(13)11-19-16)21-22-18-20-15-8-4-5-9-17(15)23-18/h2-11H,1H3,(H,20,22)/b21-12-. The van der Waals surface area contributed by atoms with Crippen LogP contribution < -0.4 is 5.43 Å². The van der Waals surface area contributed by atoms with E-state index in [0.717, 1.165) is 33.3 Å². The van der Waals surface area contributed by atoms with E-state index in [1.165, 1.54) is 0 Å². The molecule has 2 heterocycles. The first-order chi connectivity index (χ1) is 11.3. The summed E-state index contributed by atoms with van der Waals surface area (Å²) >= 11 is 0. The number of anilines is 1. The minimum atomic E-state index is 0.367. The highest BCUT2D eigenvalue weighted by Crippen LogP contribution is 2.18. The van der Waals surface area contributed by atoms with Crippen molar-refractivity contribution in [2.24, 2.45) is 5.10 Å². The van der Waals surface area contributed by atoms with Gasteiger partial charge in [-0.1, -0.05) is 36.4 Å². The third kappa shape index (κ3) is 2.64. The maximum Gasteiger partial charge on any atom is 0.316 e. The molecular weight excluding hydrogens is 288 g/mol. The Morgan fingerprint density at radius 2 is 1.83 bits per heavy atom. The van der Waals surface area contributed by atoms with Gasteiger partial charge in [0.2, 0.25) is 0 Å². The summed E-state index contributed by atoms with van der Waals surface area (Å²) in [5, 5.41) is 6.56. The molecule has 0 saturated carbocycles. The average molecular weight is 302 g/mol. The van der Waals surface area contributed by atoms with Crippen LogP contribution >= 0.6 is 0 Å². The molecule has 0 aliphatic rings. The highest BCUT2D eigenvalue weighted by atomic mass is 16.4. The highest BCUT2D eigenvalue weighted by molar-refractivity contribution is 6.00. The molecule has 0 atom stereocenters. The Bertz CT molecular complexity index is 987. The van der Waals surface area contributed by atoms with Crippen molar-refractivity contribution in [3.8, 4) is 0 Å². The van der Waals surface area contributed by atoms with E-state index < -0.39 is 0 Å². The number of benzene rings is 2. The minimum absolute atomic E-state index is 0.367. The number of hydrogen-bond acceptors (Lipinski definition) is 5. The molecule has 2 aromatic carbocycles. The van der Waals surface area contributed by atoms with Gasteiger partial charge in [0, 0.05) is 11.6 Å². The molecule has 0 aliphatic carbocycles. The number of nitrogens with one attached hydrogen (secondary N) is 1. The largest absolute Gasteiger partial charge is 0.422 e. The van der Waals surface area contributed by atoms with Crippen molar-refractivity contribution in [2.75, 3.05) is 5.43 Å². The Morgan fingerprint density at radius 3 is 2.70 bits per heavy atom. The van der Waals surface area contributed by atoms with E-state index in [4.69, 9.17) is 4.42 Å². The second-order valence-electron chi connectivity index (χ2n) is 5.21. The van der Waals surface area contributed by atoms with Gasteiger partial charge in [0.25, 0.3) is 0 Å². The molecule has 2 aromatic heterocycles. The van der Waals surface area contributed by atoms with Gasteiger partial charge in [-0.15, -0.1) is 0 Å². The van der Waals surface area contributed by atoms with E-state index in [0.29, 0.717) is 6.01 Å². The lowest BCUT2D eigenvalue weighted by Gasteiger charge is -2.02. The van der Waals surface area contributed by atoms with Crippen molar-refractivity contribution < 1.29 is 4.42 Å². The highest BCUT2D eigenvalue weighted by Gasteiger charge is 2.05. The smallest absolute Gasteiger partial charge is 0.316 e. The Hall–Kier alpha value is -3.21. The Morgan fingerprint density at radius 1 is 1.04 bits per heavy atom. The first-order valence-corrected chi connectivity index (χ1v) is 7.31.